The summed E-state index contributed by atoms with van der Waals surface area (Å²) in [6, 6.07) is 0. The summed E-state index contributed by atoms with van der Waals surface area (Å²) in [5.74, 6) is 0. The Bertz CT molecular complexity index is 22.8. The van der Waals surface area contributed by atoms with Gasteiger partial charge < -0.3 is 0 Å². The van der Waals surface area contributed by atoms with Crippen molar-refractivity contribution in [3.05, 3.63) is 6.92 Å². The topological polar surface area (TPSA) is 0 Å². The molecule has 0 rings (SSSR count). The molecule has 0 amide bonds. The molecule has 0 unspecified atom stereocenters. The van der Waals surface area contributed by atoms with Gasteiger partial charge >= 0.3 is 29.6 Å². The fourth-order valence-electron chi connectivity index (χ4n) is 0. The van der Waals surface area contributed by atoms with Crippen LogP contribution >= 0.6 is 25.3 Å². The molecule has 0 fully saturated rings. The maximum atomic E-state index is 3.90. The Morgan fingerprint density at radius 2 is 1.67 bits per heavy atom. The molecule has 0 bridgehead atoms. The molecule has 0 nitrogen and oxygen atoms in total. The van der Waals surface area contributed by atoms with Crippen molar-refractivity contribution in [1.29, 1.82) is 0 Å². The zero-order chi connectivity index (χ0) is 4.28. The van der Waals surface area contributed by atoms with Gasteiger partial charge in [0.15, 0.2) is 0 Å². The van der Waals surface area contributed by atoms with E-state index in [1.165, 1.54) is 0 Å². The van der Waals surface area contributed by atoms with Crippen molar-refractivity contribution < 1.29 is 0 Å². The summed E-state index contributed by atoms with van der Waals surface area (Å²) in [7, 11) is 0. The first-order chi connectivity index (χ1) is 2.27. The zero-order valence-corrected chi connectivity index (χ0v) is 4.67. The summed E-state index contributed by atoms with van der Waals surface area (Å²) in [5, 5.41) is 0. The van der Waals surface area contributed by atoms with Gasteiger partial charge in [0.05, 0.1) is 0 Å². The molecular weight excluding hydrogens is 123 g/mol. The number of hydrogen-bond acceptors (Lipinski definition) is 2. The van der Waals surface area contributed by atoms with Crippen molar-refractivity contribution in [2.24, 2.45) is 0 Å². The maximum absolute atomic E-state index is 3.90. The van der Waals surface area contributed by atoms with Crippen molar-refractivity contribution in [2.45, 2.75) is 11.0 Å². The Labute approximate surface area is 72.2 Å². The SMILES string of the molecule is [CH2]CC(S)S.[NaH]. The van der Waals surface area contributed by atoms with Crippen LogP contribution in [0, 0.1) is 6.92 Å². The molecule has 0 saturated carbocycles. The van der Waals surface area contributed by atoms with E-state index in [0.717, 1.165) is 6.42 Å². The van der Waals surface area contributed by atoms with Crippen molar-refractivity contribution in [3.63, 3.8) is 0 Å². The normalized spacial score (nSPS) is 8.00. The molecule has 0 N–H and O–H groups in total. The van der Waals surface area contributed by atoms with E-state index in [9.17, 15) is 0 Å². The van der Waals surface area contributed by atoms with E-state index >= 15 is 0 Å². The van der Waals surface area contributed by atoms with Crippen molar-refractivity contribution in [2.75, 3.05) is 0 Å². The molecule has 33 valence electrons. The van der Waals surface area contributed by atoms with Crippen molar-refractivity contribution >= 4 is 54.8 Å². The molecule has 0 aliphatic heterocycles. The number of hydrogen-bond donors (Lipinski definition) is 2. The molecular formula is C3H8NaS2. The summed E-state index contributed by atoms with van der Waals surface area (Å²) in [4.78, 5) is 0. The number of rotatable bonds is 1. The van der Waals surface area contributed by atoms with Crippen LogP contribution in [0.3, 0.4) is 0 Å². The fourth-order valence-corrected chi connectivity index (χ4v) is 0. The molecule has 0 saturated heterocycles. The second kappa shape index (κ2) is 6.70. The summed E-state index contributed by atoms with van der Waals surface area (Å²) in [6.07, 6.45) is 0.784. The first-order valence-electron chi connectivity index (χ1n) is 1.42. The minimum absolute atomic E-state index is 0. The van der Waals surface area contributed by atoms with Crippen LogP contribution < -0.4 is 0 Å². The van der Waals surface area contributed by atoms with Gasteiger partial charge in [0.25, 0.3) is 0 Å². The van der Waals surface area contributed by atoms with Crippen molar-refractivity contribution in [1.82, 2.24) is 0 Å². The average Bonchev–Trinajstić information content (AvgIpc) is 1.38. The Kier molecular flexibility index (Phi) is 11.9. The quantitative estimate of drug-likeness (QED) is 0.293. The monoisotopic (exact) mass is 131 g/mol. The first-order valence-corrected chi connectivity index (χ1v) is 2.46. The predicted octanol–water partition coefficient (Wildman–Crippen LogP) is 0.748. The van der Waals surface area contributed by atoms with E-state index in [1.807, 2.05) is 0 Å². The van der Waals surface area contributed by atoms with E-state index in [2.05, 4.69) is 32.2 Å². The summed E-state index contributed by atoms with van der Waals surface area (Å²) in [5.41, 5.74) is 0. The molecule has 0 aromatic rings. The molecule has 0 spiro atoms. The summed E-state index contributed by atoms with van der Waals surface area (Å²) < 4.78 is 0.162. The predicted molar refractivity (Wildman–Crippen MR) is 38.9 cm³/mol. The Morgan fingerprint density at radius 1 is 1.50 bits per heavy atom. The van der Waals surface area contributed by atoms with Crippen LogP contribution in [0.25, 0.3) is 0 Å². The van der Waals surface area contributed by atoms with Crippen LogP contribution in [0.15, 0.2) is 0 Å². The molecule has 0 aliphatic carbocycles. The van der Waals surface area contributed by atoms with Crippen LogP contribution in [0.2, 0.25) is 0 Å². The van der Waals surface area contributed by atoms with E-state index in [4.69, 9.17) is 0 Å². The van der Waals surface area contributed by atoms with E-state index in [-0.39, 0.29) is 34.1 Å². The molecule has 6 heavy (non-hydrogen) atoms. The van der Waals surface area contributed by atoms with E-state index in [0.29, 0.717) is 0 Å². The van der Waals surface area contributed by atoms with Gasteiger partial charge in [0, 0.05) is 4.58 Å². The van der Waals surface area contributed by atoms with Crippen LogP contribution in [0.4, 0.5) is 0 Å². The average molecular weight is 131 g/mol. The molecule has 1 radical (unpaired) electrons. The molecule has 0 heterocycles. The zero-order valence-electron chi connectivity index (χ0n) is 2.89. The third-order valence-electron chi connectivity index (χ3n) is 0.258. The second-order valence-corrected chi connectivity index (χ2v) is 2.42. The fraction of sp³-hybridized carbons (Fsp3) is 0.667. The van der Waals surface area contributed by atoms with Crippen LogP contribution in [-0.4, -0.2) is 34.1 Å². The van der Waals surface area contributed by atoms with Gasteiger partial charge in [-0.2, -0.15) is 25.3 Å². The third kappa shape index (κ3) is 9.20. The summed E-state index contributed by atoms with van der Waals surface area (Å²) in [6.45, 7) is 3.53. The van der Waals surface area contributed by atoms with Gasteiger partial charge in [0.1, 0.15) is 0 Å². The first kappa shape index (κ1) is 10.6. The van der Waals surface area contributed by atoms with Crippen LogP contribution in [0.1, 0.15) is 6.42 Å². The van der Waals surface area contributed by atoms with E-state index in [1.54, 1.807) is 0 Å². The van der Waals surface area contributed by atoms with Gasteiger partial charge in [-0.05, 0) is 6.42 Å². The standard InChI is InChI=1S/C3H7S2.Na.H/c1-2-3(4)5;;/h3-5H,1-2H2;;. The third-order valence-corrected chi connectivity index (χ3v) is 0.775. The van der Waals surface area contributed by atoms with Gasteiger partial charge in [-0.15, -0.1) is 0 Å². The van der Waals surface area contributed by atoms with Gasteiger partial charge in [-0.25, -0.2) is 0 Å². The molecule has 3 heteroatoms. The van der Waals surface area contributed by atoms with Gasteiger partial charge in [-0.1, -0.05) is 6.92 Å². The molecule has 0 aliphatic rings. The number of thiol groups is 2. The van der Waals surface area contributed by atoms with Crippen molar-refractivity contribution in [3.8, 4) is 0 Å². The molecule has 0 aromatic heterocycles. The van der Waals surface area contributed by atoms with Crippen LogP contribution in [0.5, 0.6) is 0 Å². The Balaban J connectivity index is 0. The second-order valence-electron chi connectivity index (χ2n) is 0.769. The Morgan fingerprint density at radius 3 is 1.67 bits per heavy atom. The minimum atomic E-state index is 0. The van der Waals surface area contributed by atoms with Gasteiger partial charge in [-0.3, -0.25) is 0 Å². The van der Waals surface area contributed by atoms with Gasteiger partial charge in [0.2, 0.25) is 0 Å². The van der Waals surface area contributed by atoms with E-state index < -0.39 is 0 Å². The molecule has 0 atom stereocenters. The Hall–Kier alpha value is 1.70. The summed E-state index contributed by atoms with van der Waals surface area (Å²) >= 11 is 7.80. The van der Waals surface area contributed by atoms with Crippen LogP contribution in [-0.2, 0) is 0 Å². The molecule has 0 aromatic carbocycles.